The van der Waals surface area contributed by atoms with Gasteiger partial charge in [-0.25, -0.2) is 30.4 Å². The number of sulfonamides is 1. The molecular weight excluding hydrogens is 445 g/mol. The number of halogens is 5. The second kappa shape index (κ2) is 9.18. The van der Waals surface area contributed by atoms with Crippen LogP contribution in [0.15, 0.2) is 29.2 Å². The largest absolute Gasteiger partial charge is 0.293 e. The van der Waals surface area contributed by atoms with Crippen molar-refractivity contribution in [2.24, 2.45) is 0 Å². The zero-order chi connectivity index (χ0) is 22.8. The van der Waals surface area contributed by atoms with Crippen molar-refractivity contribution in [1.29, 1.82) is 0 Å². The Bertz CT molecular complexity index is 1060. The molecule has 6 nitrogen and oxygen atoms in total. The summed E-state index contributed by atoms with van der Waals surface area (Å²) in [6.07, 6.45) is 3.40. The van der Waals surface area contributed by atoms with Crippen LogP contribution in [0, 0.1) is 29.1 Å². The molecule has 0 bridgehead atoms. The summed E-state index contributed by atoms with van der Waals surface area (Å²) in [4.78, 5) is 12.1. The molecule has 1 fully saturated rings. The molecule has 31 heavy (non-hydrogen) atoms. The lowest BCUT2D eigenvalue weighted by molar-refractivity contribution is 0.0962. The van der Waals surface area contributed by atoms with Crippen LogP contribution in [0.2, 0.25) is 0 Å². The first-order valence-corrected chi connectivity index (χ1v) is 10.8. The first kappa shape index (κ1) is 22.9. The number of carbonyl (C=O) groups excluding carboxylic acids is 1. The molecule has 0 spiro atoms. The Morgan fingerprint density at radius 1 is 0.774 bits per heavy atom. The number of nitrogens with one attached hydrogen (secondary N) is 2. The fraction of sp³-hybridized carbons (Fsp3) is 0.316. The van der Waals surface area contributed by atoms with Gasteiger partial charge in [-0.05, 0) is 37.1 Å². The molecule has 2 aromatic carbocycles. The topological polar surface area (TPSA) is 78.5 Å². The van der Waals surface area contributed by atoms with E-state index in [4.69, 9.17) is 0 Å². The molecular formula is C19H18F5N3O3S. The van der Waals surface area contributed by atoms with E-state index in [2.05, 4.69) is 0 Å². The van der Waals surface area contributed by atoms with Crippen molar-refractivity contribution in [2.75, 3.05) is 18.5 Å². The highest BCUT2D eigenvalue weighted by Crippen LogP contribution is 2.26. The van der Waals surface area contributed by atoms with E-state index in [1.54, 1.807) is 5.43 Å². The van der Waals surface area contributed by atoms with Gasteiger partial charge in [0.25, 0.3) is 5.91 Å². The van der Waals surface area contributed by atoms with Crippen molar-refractivity contribution >= 4 is 21.6 Å². The van der Waals surface area contributed by atoms with Gasteiger partial charge in [0.15, 0.2) is 23.3 Å². The lowest BCUT2D eigenvalue weighted by Crippen LogP contribution is -2.32. The highest BCUT2D eigenvalue weighted by Gasteiger charge is 2.27. The minimum Gasteiger partial charge on any atom is -0.293 e. The third kappa shape index (κ3) is 4.64. The van der Waals surface area contributed by atoms with Crippen molar-refractivity contribution in [3.05, 3.63) is 58.9 Å². The number of hydrogen-bond acceptors (Lipinski definition) is 4. The summed E-state index contributed by atoms with van der Waals surface area (Å²) in [7, 11) is -3.74. The van der Waals surface area contributed by atoms with E-state index < -0.39 is 50.7 Å². The maximum absolute atomic E-state index is 13.6. The molecule has 12 heteroatoms. The molecule has 1 saturated heterocycles. The van der Waals surface area contributed by atoms with Crippen LogP contribution in [0.25, 0.3) is 0 Å². The highest BCUT2D eigenvalue weighted by molar-refractivity contribution is 7.89. The van der Waals surface area contributed by atoms with Crippen molar-refractivity contribution in [3.63, 3.8) is 0 Å². The maximum Gasteiger partial charge on any atom is 0.269 e. The molecule has 1 amide bonds. The number of nitrogens with zero attached hydrogens (tertiary/aromatic N) is 1. The Morgan fingerprint density at radius 2 is 1.26 bits per heavy atom. The van der Waals surface area contributed by atoms with Gasteiger partial charge in [-0.1, -0.05) is 12.8 Å². The van der Waals surface area contributed by atoms with Crippen LogP contribution in [0.5, 0.6) is 0 Å². The Morgan fingerprint density at radius 3 is 1.77 bits per heavy atom. The number of carbonyl (C=O) groups is 1. The van der Waals surface area contributed by atoms with Crippen molar-refractivity contribution in [3.8, 4) is 0 Å². The van der Waals surface area contributed by atoms with Gasteiger partial charge < -0.3 is 0 Å². The predicted octanol–water partition coefficient (Wildman–Crippen LogP) is 3.70. The van der Waals surface area contributed by atoms with E-state index in [9.17, 15) is 35.2 Å². The second-order valence-corrected chi connectivity index (χ2v) is 8.80. The van der Waals surface area contributed by atoms with Gasteiger partial charge in [0.1, 0.15) is 5.69 Å². The van der Waals surface area contributed by atoms with Crippen LogP contribution in [-0.4, -0.2) is 31.7 Å². The molecule has 2 aromatic rings. The first-order valence-electron chi connectivity index (χ1n) is 9.32. The summed E-state index contributed by atoms with van der Waals surface area (Å²) >= 11 is 0. The maximum atomic E-state index is 13.6. The van der Waals surface area contributed by atoms with Gasteiger partial charge in [0.2, 0.25) is 15.8 Å². The summed E-state index contributed by atoms with van der Waals surface area (Å²) in [5.41, 5.74) is 1.95. The lowest BCUT2D eigenvalue weighted by Gasteiger charge is -2.20. The number of anilines is 1. The van der Waals surface area contributed by atoms with Crippen LogP contribution in [0.4, 0.5) is 27.6 Å². The van der Waals surface area contributed by atoms with Gasteiger partial charge in [-0.2, -0.15) is 4.31 Å². The number of rotatable bonds is 5. The molecule has 1 aliphatic heterocycles. The van der Waals surface area contributed by atoms with E-state index in [-0.39, 0.29) is 10.5 Å². The molecule has 0 aromatic heterocycles. The Balaban J connectivity index is 1.73. The molecule has 0 aliphatic carbocycles. The van der Waals surface area contributed by atoms with Gasteiger partial charge in [0, 0.05) is 18.7 Å². The fourth-order valence-electron chi connectivity index (χ4n) is 3.12. The van der Waals surface area contributed by atoms with Crippen molar-refractivity contribution in [1.82, 2.24) is 9.73 Å². The van der Waals surface area contributed by atoms with Crippen LogP contribution >= 0.6 is 0 Å². The minimum atomic E-state index is -3.74. The van der Waals surface area contributed by atoms with E-state index in [1.165, 1.54) is 28.6 Å². The average molecular weight is 463 g/mol. The summed E-state index contributed by atoms with van der Waals surface area (Å²) in [6.45, 7) is 0.798. The Hall–Kier alpha value is -2.73. The summed E-state index contributed by atoms with van der Waals surface area (Å²) in [6, 6.07) is 4.74. The third-order valence-corrected chi connectivity index (χ3v) is 6.74. The molecule has 0 saturated carbocycles. The molecule has 0 radical (unpaired) electrons. The van der Waals surface area contributed by atoms with Crippen LogP contribution in [0.1, 0.15) is 36.0 Å². The van der Waals surface area contributed by atoms with Crippen LogP contribution in [0.3, 0.4) is 0 Å². The van der Waals surface area contributed by atoms with E-state index >= 15 is 0 Å². The molecule has 1 aliphatic rings. The van der Waals surface area contributed by atoms with E-state index in [0.717, 1.165) is 25.7 Å². The smallest absolute Gasteiger partial charge is 0.269 e. The summed E-state index contributed by atoms with van der Waals surface area (Å²) < 4.78 is 93.6. The normalized spacial score (nSPS) is 15.4. The van der Waals surface area contributed by atoms with Crippen molar-refractivity contribution < 1.29 is 35.2 Å². The zero-order valence-corrected chi connectivity index (χ0v) is 16.8. The Labute approximate surface area is 175 Å². The SMILES string of the molecule is O=C(NNc1c(F)c(F)c(F)c(F)c1F)c1ccc(S(=O)(=O)N2CCCCCC2)cc1. The molecule has 0 atom stereocenters. The van der Waals surface area contributed by atoms with Gasteiger partial charge in [-0.3, -0.25) is 15.6 Å². The molecule has 1 heterocycles. The number of benzene rings is 2. The van der Waals surface area contributed by atoms with Crippen LogP contribution < -0.4 is 10.9 Å². The molecule has 3 rings (SSSR count). The number of hydrogen-bond donors (Lipinski definition) is 2. The fourth-order valence-corrected chi connectivity index (χ4v) is 4.63. The van der Waals surface area contributed by atoms with E-state index in [0.29, 0.717) is 13.1 Å². The monoisotopic (exact) mass is 463 g/mol. The van der Waals surface area contributed by atoms with Gasteiger partial charge in [-0.15, -0.1) is 0 Å². The van der Waals surface area contributed by atoms with Crippen LogP contribution in [-0.2, 0) is 10.0 Å². The van der Waals surface area contributed by atoms with Gasteiger partial charge >= 0.3 is 0 Å². The zero-order valence-electron chi connectivity index (χ0n) is 16.0. The average Bonchev–Trinajstić information content (AvgIpc) is 3.06. The third-order valence-electron chi connectivity index (χ3n) is 4.83. The predicted molar refractivity (Wildman–Crippen MR) is 101 cm³/mol. The number of amides is 1. The minimum absolute atomic E-state index is 0.0290. The van der Waals surface area contributed by atoms with E-state index in [1.807, 2.05) is 5.43 Å². The molecule has 2 N–H and O–H groups in total. The van der Waals surface area contributed by atoms with Crippen molar-refractivity contribution in [2.45, 2.75) is 30.6 Å². The lowest BCUT2D eigenvalue weighted by atomic mass is 10.2. The molecule has 168 valence electrons. The molecule has 0 unspecified atom stereocenters. The Kier molecular flexibility index (Phi) is 6.80. The number of hydrazine groups is 1. The summed E-state index contributed by atoms with van der Waals surface area (Å²) in [5.74, 6) is -11.9. The first-order chi connectivity index (χ1) is 14.6. The quantitative estimate of drug-likeness (QED) is 0.307. The van der Waals surface area contributed by atoms with Gasteiger partial charge in [0.05, 0.1) is 4.90 Å². The standard InChI is InChI=1S/C19H18F5N3O3S/c20-13-14(21)16(23)18(17(24)15(13)22)25-26-19(28)11-5-7-12(8-6-11)31(29,30)27-9-3-1-2-4-10-27/h5-8,25H,1-4,9-10H2,(H,26,28). The summed E-state index contributed by atoms with van der Waals surface area (Å²) in [5, 5.41) is 0. The second-order valence-electron chi connectivity index (χ2n) is 6.87. The highest BCUT2D eigenvalue weighted by atomic mass is 32.2.